The molecule has 0 aromatic heterocycles. The predicted molar refractivity (Wildman–Crippen MR) is 81.7 cm³/mol. The maximum absolute atomic E-state index is 11.0. The summed E-state index contributed by atoms with van der Waals surface area (Å²) < 4.78 is 17.7. The van der Waals surface area contributed by atoms with E-state index in [1.165, 1.54) is 12.8 Å². The average molecular weight is 305 g/mol. The van der Waals surface area contributed by atoms with Crippen molar-refractivity contribution in [3.05, 3.63) is 17.7 Å². The second kappa shape index (κ2) is 5.03. The van der Waals surface area contributed by atoms with Crippen LogP contribution in [0.4, 0.5) is 0 Å². The van der Waals surface area contributed by atoms with Gasteiger partial charge >= 0.3 is 0 Å². The van der Waals surface area contributed by atoms with E-state index >= 15 is 0 Å². The number of rotatable bonds is 1. The Morgan fingerprint density at radius 3 is 2.59 bits per heavy atom. The van der Waals surface area contributed by atoms with Crippen LogP contribution in [0, 0.1) is 0 Å². The third kappa shape index (κ3) is 2.07. The molecule has 120 valence electrons. The van der Waals surface area contributed by atoms with Gasteiger partial charge in [0.2, 0.25) is 5.75 Å². The number of fused-ring (bicyclic) bond motifs is 3. The highest BCUT2D eigenvalue weighted by molar-refractivity contribution is 5.58. The van der Waals surface area contributed by atoms with Gasteiger partial charge in [0.1, 0.15) is 24.9 Å². The number of hydrogen-bond acceptors (Lipinski definition) is 5. The van der Waals surface area contributed by atoms with Crippen molar-refractivity contribution >= 4 is 0 Å². The van der Waals surface area contributed by atoms with Gasteiger partial charge in [0, 0.05) is 5.56 Å². The molecule has 0 saturated carbocycles. The molecule has 3 aliphatic heterocycles. The van der Waals surface area contributed by atoms with E-state index in [0.29, 0.717) is 30.5 Å². The summed E-state index contributed by atoms with van der Waals surface area (Å²) in [6.07, 6.45) is 1.80. The molecule has 22 heavy (non-hydrogen) atoms. The van der Waals surface area contributed by atoms with Crippen LogP contribution in [0.15, 0.2) is 12.1 Å². The highest BCUT2D eigenvalue weighted by atomic mass is 16.6. The van der Waals surface area contributed by atoms with Crippen molar-refractivity contribution in [1.82, 2.24) is 4.90 Å². The molecule has 1 fully saturated rings. The minimum Gasteiger partial charge on any atom is -0.486 e. The Morgan fingerprint density at radius 1 is 1.09 bits per heavy atom. The molecular weight excluding hydrogens is 282 g/mol. The van der Waals surface area contributed by atoms with Crippen LogP contribution in [0.2, 0.25) is 0 Å². The summed E-state index contributed by atoms with van der Waals surface area (Å²) in [4.78, 5) is 2.35. The van der Waals surface area contributed by atoms with Crippen molar-refractivity contribution < 1.29 is 19.3 Å². The van der Waals surface area contributed by atoms with Crippen LogP contribution in [-0.4, -0.2) is 48.0 Å². The summed E-state index contributed by atoms with van der Waals surface area (Å²) in [5.41, 5.74) is 0.327. The fraction of sp³-hybridized carbons (Fsp3) is 0.647. The Bertz CT molecular complexity index is 580. The van der Waals surface area contributed by atoms with Gasteiger partial charge in [-0.25, -0.2) is 0 Å². The molecule has 0 radical (unpaired) electrons. The van der Waals surface area contributed by atoms with E-state index in [1.807, 2.05) is 26.0 Å². The molecular formula is C17H23NO4. The van der Waals surface area contributed by atoms with E-state index in [2.05, 4.69) is 4.90 Å². The molecule has 5 heteroatoms. The Kier molecular flexibility index (Phi) is 3.24. The Hall–Kier alpha value is -1.46. The fourth-order valence-electron chi connectivity index (χ4n) is 3.98. The van der Waals surface area contributed by atoms with Gasteiger partial charge in [-0.05, 0) is 51.9 Å². The average Bonchev–Trinajstić information content (AvgIpc) is 3.00. The number of benzene rings is 1. The quantitative estimate of drug-likeness (QED) is 0.861. The van der Waals surface area contributed by atoms with Crippen LogP contribution in [0.1, 0.15) is 38.4 Å². The van der Waals surface area contributed by atoms with E-state index in [-0.39, 0.29) is 6.04 Å². The van der Waals surface area contributed by atoms with Gasteiger partial charge in [-0.3, -0.25) is 4.90 Å². The van der Waals surface area contributed by atoms with Crippen LogP contribution >= 0.6 is 0 Å². The molecule has 1 N–H and O–H groups in total. The third-order valence-electron chi connectivity index (χ3n) is 4.92. The molecule has 1 aromatic carbocycles. The Morgan fingerprint density at radius 2 is 1.82 bits per heavy atom. The number of aliphatic hydroxyl groups excluding tert-OH is 1. The lowest BCUT2D eigenvalue weighted by Gasteiger charge is -2.47. The van der Waals surface area contributed by atoms with E-state index < -0.39 is 11.7 Å². The maximum Gasteiger partial charge on any atom is 0.204 e. The molecule has 3 aliphatic rings. The van der Waals surface area contributed by atoms with Crippen LogP contribution in [0.25, 0.3) is 0 Å². The number of likely N-dealkylation sites (tertiary alicyclic amines) is 1. The first kappa shape index (κ1) is 14.2. The van der Waals surface area contributed by atoms with Gasteiger partial charge in [0.05, 0.1) is 6.04 Å². The fourth-order valence-corrected chi connectivity index (χ4v) is 3.98. The van der Waals surface area contributed by atoms with E-state index in [0.717, 1.165) is 18.7 Å². The van der Waals surface area contributed by atoms with E-state index in [9.17, 15) is 5.11 Å². The molecule has 1 saturated heterocycles. The number of nitrogens with zero attached hydrogens (tertiary/aromatic N) is 1. The van der Waals surface area contributed by atoms with Crippen LogP contribution < -0.4 is 14.2 Å². The van der Waals surface area contributed by atoms with Crippen LogP contribution in [0.5, 0.6) is 17.2 Å². The summed E-state index contributed by atoms with van der Waals surface area (Å²) in [6, 6.07) is 3.75. The van der Waals surface area contributed by atoms with Gasteiger partial charge in [-0.2, -0.15) is 0 Å². The monoisotopic (exact) mass is 305 g/mol. The molecule has 0 spiro atoms. The summed E-state index contributed by atoms with van der Waals surface area (Å²) >= 11 is 0. The first-order valence-corrected chi connectivity index (χ1v) is 8.11. The molecule has 1 aromatic rings. The van der Waals surface area contributed by atoms with Crippen molar-refractivity contribution in [2.75, 3.05) is 26.3 Å². The third-order valence-corrected chi connectivity index (χ3v) is 4.92. The van der Waals surface area contributed by atoms with Gasteiger partial charge in [-0.15, -0.1) is 0 Å². The van der Waals surface area contributed by atoms with Crippen LogP contribution in [-0.2, 0) is 0 Å². The number of aliphatic hydroxyl groups is 1. The summed E-state index contributed by atoms with van der Waals surface area (Å²) in [7, 11) is 0. The Balaban J connectivity index is 1.77. The standard InChI is InChI=1S/C17H23NO4/c1-17(2)16(18-7-3-4-8-18)13(19)11-5-6-12-15(14(11)22-17)21-10-9-20-12/h5-6,13,16,19H,3-4,7-10H2,1-2H3. The molecule has 2 unspecified atom stereocenters. The van der Waals surface area contributed by atoms with Gasteiger partial charge in [0.25, 0.3) is 0 Å². The zero-order chi connectivity index (χ0) is 15.3. The van der Waals surface area contributed by atoms with E-state index in [1.54, 1.807) is 0 Å². The maximum atomic E-state index is 11.0. The number of ether oxygens (including phenoxy) is 3. The van der Waals surface area contributed by atoms with Crippen molar-refractivity contribution in [2.45, 2.75) is 44.4 Å². The minimum absolute atomic E-state index is 0.0370. The van der Waals surface area contributed by atoms with Gasteiger partial charge in [0.15, 0.2) is 11.5 Å². The second-order valence-corrected chi connectivity index (χ2v) is 6.85. The molecule has 0 aliphatic carbocycles. The zero-order valence-electron chi connectivity index (χ0n) is 13.2. The lowest BCUT2D eigenvalue weighted by Crippen LogP contribution is -2.57. The van der Waals surface area contributed by atoms with Crippen molar-refractivity contribution in [1.29, 1.82) is 0 Å². The predicted octanol–water partition coefficient (Wildman–Crippen LogP) is 2.13. The van der Waals surface area contributed by atoms with Crippen molar-refractivity contribution in [3.63, 3.8) is 0 Å². The smallest absolute Gasteiger partial charge is 0.204 e. The topological polar surface area (TPSA) is 51.2 Å². The minimum atomic E-state index is -0.576. The molecule has 3 heterocycles. The van der Waals surface area contributed by atoms with Crippen molar-refractivity contribution in [3.8, 4) is 17.2 Å². The zero-order valence-corrected chi connectivity index (χ0v) is 13.2. The normalized spacial score (nSPS) is 29.8. The molecule has 2 atom stereocenters. The first-order valence-electron chi connectivity index (χ1n) is 8.11. The first-order chi connectivity index (χ1) is 10.6. The largest absolute Gasteiger partial charge is 0.486 e. The second-order valence-electron chi connectivity index (χ2n) is 6.85. The van der Waals surface area contributed by atoms with Crippen molar-refractivity contribution in [2.24, 2.45) is 0 Å². The SMILES string of the molecule is CC1(C)Oc2c(ccc3c2OCCO3)C(O)C1N1CCCC1. The summed E-state index contributed by atoms with van der Waals surface area (Å²) in [5, 5.41) is 11.0. The highest BCUT2D eigenvalue weighted by Crippen LogP contribution is 2.51. The summed E-state index contributed by atoms with van der Waals surface area (Å²) in [6.45, 7) is 7.20. The molecule has 0 bridgehead atoms. The lowest BCUT2D eigenvalue weighted by atomic mass is 9.84. The molecule has 0 amide bonds. The Labute approximate surface area is 130 Å². The molecule has 4 rings (SSSR count). The van der Waals surface area contributed by atoms with Gasteiger partial charge < -0.3 is 19.3 Å². The van der Waals surface area contributed by atoms with Gasteiger partial charge in [-0.1, -0.05) is 0 Å². The lowest BCUT2D eigenvalue weighted by molar-refractivity contribution is -0.0777. The van der Waals surface area contributed by atoms with Crippen LogP contribution in [0.3, 0.4) is 0 Å². The van der Waals surface area contributed by atoms with E-state index in [4.69, 9.17) is 14.2 Å². The number of hydrogen-bond donors (Lipinski definition) is 1. The summed E-state index contributed by atoms with van der Waals surface area (Å²) in [5.74, 6) is 1.98. The highest BCUT2D eigenvalue weighted by Gasteiger charge is 2.48. The molecule has 5 nitrogen and oxygen atoms in total.